The molecule has 2 heterocycles. The van der Waals surface area contributed by atoms with Gasteiger partial charge in [0.15, 0.2) is 0 Å². The molecule has 2 rings (SSSR count). The highest BCUT2D eigenvalue weighted by molar-refractivity contribution is 6.29. The molecule has 0 saturated heterocycles. The Hall–Kier alpha value is -1.62. The van der Waals surface area contributed by atoms with Crippen molar-refractivity contribution in [2.75, 3.05) is 0 Å². The number of hydrogen-bond acceptors (Lipinski definition) is 3. The fourth-order valence-corrected chi connectivity index (χ4v) is 1.59. The van der Waals surface area contributed by atoms with Gasteiger partial charge in [-0.1, -0.05) is 11.6 Å². The Balaban J connectivity index is 2.11. The lowest BCUT2D eigenvalue weighted by Crippen LogP contribution is -2.20. The Morgan fingerprint density at radius 2 is 2.31 bits per heavy atom. The van der Waals surface area contributed by atoms with Crippen molar-refractivity contribution in [2.45, 2.75) is 13.0 Å². The van der Waals surface area contributed by atoms with Gasteiger partial charge in [0.1, 0.15) is 5.15 Å². The molecule has 2 aromatic rings. The molecule has 0 unspecified atom stereocenters. The smallest absolute Gasteiger partial charge is 0.254 e. The Bertz CT molecular complexity index is 546. The summed E-state index contributed by atoms with van der Waals surface area (Å²) in [4.78, 5) is 15.4. The maximum atomic E-state index is 11.5. The van der Waals surface area contributed by atoms with Crippen LogP contribution in [0.3, 0.4) is 0 Å². The summed E-state index contributed by atoms with van der Waals surface area (Å²) in [6.07, 6.45) is 3.93. The van der Waals surface area contributed by atoms with Crippen LogP contribution < -0.4 is 5.56 Å². The van der Waals surface area contributed by atoms with Crippen molar-refractivity contribution in [3.05, 3.63) is 45.9 Å². The van der Waals surface area contributed by atoms with Crippen molar-refractivity contribution in [3.63, 3.8) is 0 Å². The van der Waals surface area contributed by atoms with E-state index >= 15 is 0 Å². The first-order valence-electron chi connectivity index (χ1n) is 4.85. The van der Waals surface area contributed by atoms with Gasteiger partial charge < -0.3 is 0 Å². The van der Waals surface area contributed by atoms with Crippen LogP contribution >= 0.6 is 11.6 Å². The molecule has 0 aliphatic carbocycles. The van der Waals surface area contributed by atoms with Gasteiger partial charge in [-0.2, -0.15) is 5.10 Å². The summed E-state index contributed by atoms with van der Waals surface area (Å²) in [7, 11) is 1.87. The van der Waals surface area contributed by atoms with Crippen LogP contribution in [0.5, 0.6) is 0 Å². The minimum absolute atomic E-state index is 0.137. The largest absolute Gasteiger partial charge is 0.299 e. The van der Waals surface area contributed by atoms with Crippen LogP contribution in [-0.2, 0) is 20.0 Å². The van der Waals surface area contributed by atoms with Crippen LogP contribution in [0.4, 0.5) is 0 Å². The lowest BCUT2D eigenvalue weighted by atomic mass is 10.3. The van der Waals surface area contributed by atoms with Crippen LogP contribution in [0, 0.1) is 0 Å². The second-order valence-electron chi connectivity index (χ2n) is 3.44. The molecule has 0 radical (unpaired) electrons. The Morgan fingerprint density at radius 1 is 1.50 bits per heavy atom. The fraction of sp³-hybridized carbons (Fsp3) is 0.300. The third-order valence-electron chi connectivity index (χ3n) is 2.38. The second-order valence-corrected chi connectivity index (χ2v) is 3.83. The highest BCUT2D eigenvalue weighted by Gasteiger charge is 2.01. The van der Waals surface area contributed by atoms with E-state index in [0.717, 1.165) is 12.1 Å². The molecule has 0 bridgehead atoms. The lowest BCUT2D eigenvalue weighted by Gasteiger charge is -2.04. The highest BCUT2D eigenvalue weighted by Crippen LogP contribution is 2.00. The van der Waals surface area contributed by atoms with E-state index in [2.05, 4.69) is 10.1 Å². The van der Waals surface area contributed by atoms with Gasteiger partial charge >= 0.3 is 0 Å². The number of nitrogens with zero attached hydrogens (tertiary/aromatic N) is 4. The Labute approximate surface area is 97.3 Å². The molecule has 6 heteroatoms. The first-order chi connectivity index (χ1) is 7.66. The number of hydrogen-bond donors (Lipinski definition) is 0. The van der Waals surface area contributed by atoms with E-state index in [1.165, 1.54) is 17.0 Å². The summed E-state index contributed by atoms with van der Waals surface area (Å²) in [5.41, 5.74) is 0.934. The van der Waals surface area contributed by atoms with Crippen LogP contribution in [0.2, 0.25) is 5.15 Å². The van der Waals surface area contributed by atoms with Crippen molar-refractivity contribution < 1.29 is 0 Å². The van der Waals surface area contributed by atoms with E-state index in [1.807, 2.05) is 13.1 Å². The van der Waals surface area contributed by atoms with E-state index in [1.54, 1.807) is 10.9 Å². The average Bonchev–Trinajstić information content (AvgIpc) is 2.63. The third-order valence-corrected chi connectivity index (χ3v) is 2.58. The molecule has 16 heavy (non-hydrogen) atoms. The van der Waals surface area contributed by atoms with Crippen molar-refractivity contribution in [1.82, 2.24) is 19.3 Å². The van der Waals surface area contributed by atoms with Gasteiger partial charge in [0.2, 0.25) is 0 Å². The number of rotatable bonds is 3. The second kappa shape index (κ2) is 4.49. The van der Waals surface area contributed by atoms with Crippen molar-refractivity contribution in [1.29, 1.82) is 0 Å². The van der Waals surface area contributed by atoms with Gasteiger partial charge in [0.25, 0.3) is 5.56 Å². The number of aryl methyl sites for hydroxylation is 3. The summed E-state index contributed by atoms with van der Waals surface area (Å²) < 4.78 is 3.31. The summed E-state index contributed by atoms with van der Waals surface area (Å²) in [5.74, 6) is 0. The third kappa shape index (κ3) is 2.30. The maximum Gasteiger partial charge on any atom is 0.254 e. The predicted molar refractivity (Wildman–Crippen MR) is 60.4 cm³/mol. The molecule has 0 saturated carbocycles. The van der Waals surface area contributed by atoms with Gasteiger partial charge in [-0.25, -0.2) is 4.98 Å². The minimum atomic E-state index is -0.137. The zero-order valence-electron chi connectivity index (χ0n) is 8.80. The lowest BCUT2D eigenvalue weighted by molar-refractivity contribution is 0.614. The fourth-order valence-electron chi connectivity index (χ4n) is 1.45. The summed E-state index contributed by atoms with van der Waals surface area (Å²) in [6, 6.07) is 3.24. The summed E-state index contributed by atoms with van der Waals surface area (Å²) >= 11 is 5.60. The SMILES string of the molecule is Cn1nccc1CCn1cnc(Cl)cc1=O. The first-order valence-corrected chi connectivity index (χ1v) is 5.23. The van der Waals surface area contributed by atoms with E-state index in [9.17, 15) is 4.79 Å². The van der Waals surface area contributed by atoms with Crippen LogP contribution in [0.1, 0.15) is 5.69 Å². The molecule has 0 aromatic carbocycles. The Kier molecular flexibility index (Phi) is 3.05. The number of aromatic nitrogens is 4. The van der Waals surface area contributed by atoms with Crippen molar-refractivity contribution >= 4 is 11.6 Å². The van der Waals surface area contributed by atoms with E-state index in [0.29, 0.717) is 6.54 Å². The number of halogens is 1. The van der Waals surface area contributed by atoms with Gasteiger partial charge in [-0.15, -0.1) is 0 Å². The minimum Gasteiger partial charge on any atom is -0.299 e. The molecular formula is C10H11ClN4O. The monoisotopic (exact) mass is 238 g/mol. The molecule has 0 atom stereocenters. The van der Waals surface area contributed by atoms with E-state index in [4.69, 9.17) is 11.6 Å². The summed E-state index contributed by atoms with van der Waals surface area (Å²) in [5, 5.41) is 4.28. The normalized spacial score (nSPS) is 10.6. The van der Waals surface area contributed by atoms with Gasteiger partial charge in [0, 0.05) is 38.0 Å². The van der Waals surface area contributed by atoms with E-state index < -0.39 is 0 Å². The zero-order chi connectivity index (χ0) is 11.5. The van der Waals surface area contributed by atoms with Gasteiger partial charge in [-0.3, -0.25) is 14.0 Å². The molecule has 0 spiro atoms. The molecule has 2 aromatic heterocycles. The maximum absolute atomic E-state index is 11.5. The molecule has 0 fully saturated rings. The molecule has 84 valence electrons. The van der Waals surface area contributed by atoms with Gasteiger partial charge in [-0.05, 0) is 6.07 Å². The van der Waals surface area contributed by atoms with Gasteiger partial charge in [0.05, 0.1) is 6.33 Å². The van der Waals surface area contributed by atoms with Crippen molar-refractivity contribution in [2.24, 2.45) is 7.05 Å². The molecule has 0 N–H and O–H groups in total. The van der Waals surface area contributed by atoms with E-state index in [-0.39, 0.29) is 10.7 Å². The quantitative estimate of drug-likeness (QED) is 0.746. The highest BCUT2D eigenvalue weighted by atomic mass is 35.5. The molecule has 5 nitrogen and oxygen atoms in total. The van der Waals surface area contributed by atoms with Crippen molar-refractivity contribution in [3.8, 4) is 0 Å². The molecule has 0 aliphatic heterocycles. The standard InChI is InChI=1S/C10H11ClN4O/c1-14-8(2-4-13-14)3-5-15-7-12-9(11)6-10(15)16/h2,4,6-7H,3,5H2,1H3. The average molecular weight is 239 g/mol. The zero-order valence-corrected chi connectivity index (χ0v) is 9.55. The van der Waals surface area contributed by atoms with Crippen LogP contribution in [0.15, 0.2) is 29.5 Å². The van der Waals surface area contributed by atoms with Crippen LogP contribution in [0.25, 0.3) is 0 Å². The topological polar surface area (TPSA) is 52.7 Å². The molecular weight excluding hydrogens is 228 g/mol. The van der Waals surface area contributed by atoms with Crippen LogP contribution in [-0.4, -0.2) is 19.3 Å². The molecule has 0 amide bonds. The predicted octanol–water partition coefficient (Wildman–Crippen LogP) is 0.873. The molecule has 0 aliphatic rings. The Morgan fingerprint density at radius 3 is 2.94 bits per heavy atom. The summed E-state index contributed by atoms with van der Waals surface area (Å²) in [6.45, 7) is 0.572. The first kappa shape index (κ1) is 10.9.